The highest BCUT2D eigenvalue weighted by atomic mass is 35.5. The van der Waals surface area contributed by atoms with Gasteiger partial charge in [-0.05, 0) is 35.9 Å². The zero-order chi connectivity index (χ0) is 18.2. The molecule has 132 valence electrons. The molecule has 0 radical (unpaired) electrons. The van der Waals surface area contributed by atoms with Crippen LogP contribution in [0.25, 0.3) is 0 Å². The Morgan fingerprint density at radius 1 is 0.885 bits per heavy atom. The molecule has 4 heteroatoms. The minimum Gasteiger partial charge on any atom is -0.384 e. The van der Waals surface area contributed by atoms with Gasteiger partial charge in [-0.15, -0.1) is 0 Å². The number of nitrogens with zero attached hydrogens (tertiary/aromatic N) is 1. The first kappa shape index (κ1) is 18.0. The predicted octanol–water partition coefficient (Wildman–Crippen LogP) is 5.38. The molecule has 3 rings (SSSR count). The minimum atomic E-state index is 0.0783. The van der Waals surface area contributed by atoms with Crippen LogP contribution in [0.4, 0.5) is 11.4 Å². The van der Waals surface area contributed by atoms with Crippen molar-refractivity contribution in [1.82, 2.24) is 0 Å². The molecule has 0 spiro atoms. The fourth-order valence-corrected chi connectivity index (χ4v) is 2.93. The van der Waals surface area contributed by atoms with Gasteiger partial charge >= 0.3 is 0 Å². The van der Waals surface area contributed by atoms with E-state index in [0.29, 0.717) is 24.5 Å². The van der Waals surface area contributed by atoms with Gasteiger partial charge in [0, 0.05) is 29.4 Å². The van der Waals surface area contributed by atoms with E-state index in [0.717, 1.165) is 16.9 Å². The summed E-state index contributed by atoms with van der Waals surface area (Å²) in [6.45, 7) is 1.11. The number of anilines is 2. The van der Waals surface area contributed by atoms with E-state index in [1.807, 2.05) is 89.8 Å². The third-order valence-corrected chi connectivity index (χ3v) is 4.28. The highest BCUT2D eigenvalue weighted by molar-refractivity contribution is 6.30. The van der Waals surface area contributed by atoms with Crippen molar-refractivity contribution in [2.24, 2.45) is 0 Å². The minimum absolute atomic E-state index is 0.0783. The third-order valence-electron chi connectivity index (χ3n) is 4.05. The van der Waals surface area contributed by atoms with Gasteiger partial charge in [0.15, 0.2) is 0 Å². The summed E-state index contributed by atoms with van der Waals surface area (Å²) in [5.74, 6) is 0.0783. The molecule has 0 atom stereocenters. The molecular formula is C22H21ClN2O. The van der Waals surface area contributed by atoms with Crippen LogP contribution in [0.5, 0.6) is 0 Å². The van der Waals surface area contributed by atoms with Crippen molar-refractivity contribution >= 4 is 28.9 Å². The molecule has 0 aliphatic rings. The Morgan fingerprint density at radius 3 is 2.27 bits per heavy atom. The Balaban J connectivity index is 1.66. The van der Waals surface area contributed by atoms with Crippen LogP contribution in [0.3, 0.4) is 0 Å². The Labute approximate surface area is 159 Å². The van der Waals surface area contributed by atoms with Gasteiger partial charge in [-0.1, -0.05) is 66.2 Å². The molecule has 0 bridgehead atoms. The standard InChI is InChI=1S/C22H21ClN2O/c23-19-10-7-11-20(16-19)24-15-14-22(26)25(21-12-5-2-6-13-21)17-18-8-3-1-4-9-18/h1-13,16,24H,14-15,17H2. The van der Waals surface area contributed by atoms with Crippen molar-refractivity contribution in [3.8, 4) is 0 Å². The molecule has 3 aromatic rings. The van der Waals surface area contributed by atoms with Crippen molar-refractivity contribution < 1.29 is 4.79 Å². The van der Waals surface area contributed by atoms with Crippen LogP contribution in [-0.2, 0) is 11.3 Å². The SMILES string of the molecule is O=C(CCNc1cccc(Cl)c1)N(Cc1ccccc1)c1ccccc1. The quantitative estimate of drug-likeness (QED) is 0.610. The number of para-hydroxylation sites is 1. The second kappa shape index (κ2) is 9.07. The number of carbonyl (C=O) groups excluding carboxylic acids is 1. The van der Waals surface area contributed by atoms with Crippen LogP contribution in [0.1, 0.15) is 12.0 Å². The van der Waals surface area contributed by atoms with Gasteiger partial charge in [0.1, 0.15) is 0 Å². The van der Waals surface area contributed by atoms with Crippen molar-refractivity contribution in [3.05, 3.63) is 95.5 Å². The van der Waals surface area contributed by atoms with Crippen molar-refractivity contribution in [3.63, 3.8) is 0 Å². The lowest BCUT2D eigenvalue weighted by molar-refractivity contribution is -0.118. The molecule has 0 saturated heterocycles. The van der Waals surface area contributed by atoms with Crippen LogP contribution in [0.15, 0.2) is 84.9 Å². The Kier molecular flexibility index (Phi) is 6.29. The highest BCUT2D eigenvalue weighted by Gasteiger charge is 2.15. The molecular weight excluding hydrogens is 344 g/mol. The first-order valence-corrected chi connectivity index (χ1v) is 8.99. The van der Waals surface area contributed by atoms with Crippen LogP contribution < -0.4 is 10.2 Å². The van der Waals surface area contributed by atoms with E-state index in [4.69, 9.17) is 11.6 Å². The average molecular weight is 365 g/mol. The maximum atomic E-state index is 12.9. The summed E-state index contributed by atoms with van der Waals surface area (Å²) in [5, 5.41) is 3.93. The van der Waals surface area contributed by atoms with E-state index in [2.05, 4.69) is 5.32 Å². The maximum Gasteiger partial charge on any atom is 0.229 e. The molecule has 0 aliphatic heterocycles. The van der Waals surface area contributed by atoms with Gasteiger partial charge in [-0.2, -0.15) is 0 Å². The predicted molar refractivity (Wildman–Crippen MR) is 109 cm³/mol. The van der Waals surface area contributed by atoms with E-state index in [9.17, 15) is 4.79 Å². The molecule has 1 N–H and O–H groups in total. The number of hydrogen-bond donors (Lipinski definition) is 1. The number of rotatable bonds is 7. The fraction of sp³-hybridized carbons (Fsp3) is 0.136. The largest absolute Gasteiger partial charge is 0.384 e. The van der Waals surface area contributed by atoms with E-state index < -0.39 is 0 Å². The summed E-state index contributed by atoms with van der Waals surface area (Å²) in [5.41, 5.74) is 2.93. The number of nitrogens with one attached hydrogen (secondary N) is 1. The summed E-state index contributed by atoms with van der Waals surface area (Å²) < 4.78 is 0. The normalized spacial score (nSPS) is 10.3. The van der Waals surface area contributed by atoms with Crippen LogP contribution >= 0.6 is 11.6 Å². The number of halogens is 1. The van der Waals surface area contributed by atoms with E-state index >= 15 is 0 Å². The molecule has 3 aromatic carbocycles. The summed E-state index contributed by atoms with van der Waals surface area (Å²) in [4.78, 5) is 14.7. The molecule has 1 amide bonds. The summed E-state index contributed by atoms with van der Waals surface area (Å²) in [6.07, 6.45) is 0.397. The molecule has 0 aromatic heterocycles. The zero-order valence-corrected chi connectivity index (χ0v) is 15.2. The van der Waals surface area contributed by atoms with E-state index in [-0.39, 0.29) is 5.91 Å². The Morgan fingerprint density at radius 2 is 1.58 bits per heavy atom. The smallest absolute Gasteiger partial charge is 0.229 e. The first-order chi connectivity index (χ1) is 12.7. The zero-order valence-electron chi connectivity index (χ0n) is 14.4. The fourth-order valence-electron chi connectivity index (χ4n) is 2.74. The molecule has 0 saturated carbocycles. The van der Waals surface area contributed by atoms with E-state index in [1.165, 1.54) is 0 Å². The van der Waals surface area contributed by atoms with Gasteiger partial charge < -0.3 is 10.2 Å². The van der Waals surface area contributed by atoms with Gasteiger partial charge in [-0.25, -0.2) is 0 Å². The lowest BCUT2D eigenvalue weighted by atomic mass is 10.2. The number of benzene rings is 3. The molecule has 0 heterocycles. The second-order valence-electron chi connectivity index (χ2n) is 5.99. The molecule has 26 heavy (non-hydrogen) atoms. The molecule has 3 nitrogen and oxygen atoms in total. The average Bonchev–Trinajstić information content (AvgIpc) is 2.67. The van der Waals surface area contributed by atoms with Gasteiger partial charge in [-0.3, -0.25) is 4.79 Å². The van der Waals surface area contributed by atoms with Gasteiger partial charge in [0.25, 0.3) is 0 Å². The summed E-state index contributed by atoms with van der Waals surface area (Å²) >= 11 is 5.99. The summed E-state index contributed by atoms with van der Waals surface area (Å²) in [7, 11) is 0. The maximum absolute atomic E-state index is 12.9. The van der Waals surface area contributed by atoms with Gasteiger partial charge in [0.2, 0.25) is 5.91 Å². The molecule has 0 unspecified atom stereocenters. The second-order valence-corrected chi connectivity index (χ2v) is 6.42. The van der Waals surface area contributed by atoms with Crippen LogP contribution in [0, 0.1) is 0 Å². The summed E-state index contributed by atoms with van der Waals surface area (Å²) in [6, 6.07) is 27.3. The van der Waals surface area contributed by atoms with Crippen LogP contribution in [0.2, 0.25) is 5.02 Å². The van der Waals surface area contributed by atoms with Crippen molar-refractivity contribution in [2.75, 3.05) is 16.8 Å². The number of amides is 1. The highest BCUT2D eigenvalue weighted by Crippen LogP contribution is 2.19. The van der Waals surface area contributed by atoms with Crippen molar-refractivity contribution in [2.45, 2.75) is 13.0 Å². The Hall–Kier alpha value is -2.78. The van der Waals surface area contributed by atoms with Crippen molar-refractivity contribution in [1.29, 1.82) is 0 Å². The van der Waals surface area contributed by atoms with Gasteiger partial charge in [0.05, 0.1) is 6.54 Å². The Bertz CT molecular complexity index is 837. The lowest BCUT2D eigenvalue weighted by Crippen LogP contribution is -2.31. The first-order valence-electron chi connectivity index (χ1n) is 8.61. The number of carbonyl (C=O) groups is 1. The monoisotopic (exact) mass is 364 g/mol. The molecule has 0 aliphatic carbocycles. The third kappa shape index (κ3) is 5.11. The van der Waals surface area contributed by atoms with Crippen LogP contribution in [-0.4, -0.2) is 12.5 Å². The van der Waals surface area contributed by atoms with E-state index in [1.54, 1.807) is 0 Å². The topological polar surface area (TPSA) is 32.3 Å². The molecule has 0 fully saturated rings. The number of hydrogen-bond acceptors (Lipinski definition) is 2. The lowest BCUT2D eigenvalue weighted by Gasteiger charge is -2.23.